The van der Waals surface area contributed by atoms with E-state index in [4.69, 9.17) is 21.4 Å². The molecule has 0 spiro atoms. The summed E-state index contributed by atoms with van der Waals surface area (Å²) in [5.74, 6) is -0.203. The molecule has 1 N–H and O–H groups in total. The van der Waals surface area contributed by atoms with Crippen molar-refractivity contribution < 1.29 is 14.6 Å². The summed E-state index contributed by atoms with van der Waals surface area (Å²) < 4.78 is 7.81. The predicted octanol–water partition coefficient (Wildman–Crippen LogP) is 6.89. The monoisotopic (exact) mass is 641 g/mol. The normalized spacial score (nSPS) is 11.1. The number of hydrogen-bond acceptors (Lipinski definition) is 3. The number of carboxylic acids is 1. The van der Waals surface area contributed by atoms with Crippen LogP contribution in [0.15, 0.2) is 60.7 Å². The maximum atomic E-state index is 11.0. The molecule has 7 heteroatoms. The van der Waals surface area contributed by atoms with Crippen LogP contribution in [0.1, 0.15) is 27.0 Å². The molecule has 30 heavy (non-hydrogen) atoms. The molecule has 150 valence electrons. The molecule has 3 rings (SSSR count). The summed E-state index contributed by atoms with van der Waals surface area (Å²) in [5, 5.41) is 19.2. The molecule has 0 bridgehead atoms. The van der Waals surface area contributed by atoms with Crippen LogP contribution in [0.25, 0.3) is 11.6 Å². The highest BCUT2D eigenvalue weighted by atomic mass is 127. The molecule has 4 nitrogen and oxygen atoms in total. The lowest BCUT2D eigenvalue weighted by Crippen LogP contribution is -2.01. The Morgan fingerprint density at radius 1 is 1.03 bits per heavy atom. The summed E-state index contributed by atoms with van der Waals surface area (Å²) in [5.41, 5.74) is 3.37. The second kappa shape index (κ2) is 10.3. The topological polar surface area (TPSA) is 70.3 Å². The summed E-state index contributed by atoms with van der Waals surface area (Å²) in [6.45, 7) is 0.329. The second-order valence-corrected chi connectivity index (χ2v) is 9.04. The Morgan fingerprint density at radius 2 is 1.60 bits per heavy atom. The van der Waals surface area contributed by atoms with Gasteiger partial charge in [0.2, 0.25) is 0 Å². The molecule has 0 amide bonds. The Morgan fingerprint density at radius 3 is 2.13 bits per heavy atom. The van der Waals surface area contributed by atoms with Crippen LogP contribution in [0.2, 0.25) is 5.02 Å². The Balaban J connectivity index is 1.80. The molecule has 0 aliphatic carbocycles. The number of nitrogens with zero attached hydrogens (tertiary/aromatic N) is 1. The van der Waals surface area contributed by atoms with Crippen molar-refractivity contribution in [1.29, 1.82) is 5.26 Å². The lowest BCUT2D eigenvalue weighted by atomic mass is 10.0. The summed E-state index contributed by atoms with van der Waals surface area (Å²) in [7, 11) is 0. The van der Waals surface area contributed by atoms with Crippen molar-refractivity contribution in [3.63, 3.8) is 0 Å². The van der Waals surface area contributed by atoms with E-state index in [2.05, 4.69) is 51.3 Å². The molecule has 0 saturated carbocycles. The first-order chi connectivity index (χ1) is 14.4. The highest BCUT2D eigenvalue weighted by Crippen LogP contribution is 2.31. The van der Waals surface area contributed by atoms with Crippen LogP contribution in [0.3, 0.4) is 0 Å². The van der Waals surface area contributed by atoms with Crippen LogP contribution in [-0.2, 0) is 6.61 Å². The van der Waals surface area contributed by atoms with Gasteiger partial charge in [-0.15, -0.1) is 0 Å². The zero-order valence-electron chi connectivity index (χ0n) is 15.4. The SMILES string of the molecule is N#C/C(=C/c1cc(I)c(OCc2ccc(C(=O)O)cc2)c(I)c1)c1ccc(Cl)cc1. The molecule has 0 aliphatic heterocycles. The van der Waals surface area contributed by atoms with Gasteiger partial charge in [-0.25, -0.2) is 4.79 Å². The third-order valence-corrected chi connectivity index (χ3v) is 6.05. The summed E-state index contributed by atoms with van der Waals surface area (Å²) >= 11 is 10.3. The molecule has 0 radical (unpaired) electrons. The molecule has 0 atom stereocenters. The van der Waals surface area contributed by atoms with E-state index in [1.54, 1.807) is 36.4 Å². The highest BCUT2D eigenvalue weighted by Gasteiger charge is 2.10. The minimum Gasteiger partial charge on any atom is -0.487 e. The molecular formula is C23H14ClI2NO3. The molecule has 0 saturated heterocycles. The number of aromatic carboxylic acids is 1. The van der Waals surface area contributed by atoms with E-state index in [-0.39, 0.29) is 5.56 Å². The van der Waals surface area contributed by atoms with Gasteiger partial charge in [-0.2, -0.15) is 5.26 Å². The van der Waals surface area contributed by atoms with Gasteiger partial charge in [-0.05, 0) is 104 Å². The average molecular weight is 642 g/mol. The van der Waals surface area contributed by atoms with Crippen molar-refractivity contribution in [1.82, 2.24) is 0 Å². The Bertz CT molecular complexity index is 1130. The zero-order valence-corrected chi connectivity index (χ0v) is 20.5. The van der Waals surface area contributed by atoms with Crippen molar-refractivity contribution in [2.75, 3.05) is 0 Å². The van der Waals surface area contributed by atoms with Crippen molar-refractivity contribution >= 4 is 74.4 Å². The van der Waals surface area contributed by atoms with Crippen molar-refractivity contribution in [3.8, 4) is 11.8 Å². The maximum absolute atomic E-state index is 11.0. The van der Waals surface area contributed by atoms with Gasteiger partial charge in [0.15, 0.2) is 0 Å². The summed E-state index contributed by atoms with van der Waals surface area (Å²) in [4.78, 5) is 11.0. The van der Waals surface area contributed by atoms with Crippen molar-refractivity contribution in [3.05, 3.63) is 95.1 Å². The Labute approximate surface area is 206 Å². The van der Waals surface area contributed by atoms with Crippen LogP contribution in [0, 0.1) is 18.5 Å². The van der Waals surface area contributed by atoms with Crippen LogP contribution in [-0.4, -0.2) is 11.1 Å². The van der Waals surface area contributed by atoms with Gasteiger partial charge in [0, 0.05) is 5.02 Å². The molecule has 0 unspecified atom stereocenters. The number of benzene rings is 3. The van der Waals surface area contributed by atoms with Gasteiger partial charge in [0.25, 0.3) is 0 Å². The number of allylic oxidation sites excluding steroid dienone is 1. The van der Waals surface area contributed by atoms with E-state index in [0.717, 1.165) is 29.6 Å². The molecule has 0 fully saturated rings. The van der Waals surface area contributed by atoms with Gasteiger partial charge in [0.1, 0.15) is 12.4 Å². The molecule has 0 aliphatic rings. The lowest BCUT2D eigenvalue weighted by Gasteiger charge is -2.12. The third kappa shape index (κ3) is 5.74. The quantitative estimate of drug-likeness (QED) is 0.181. The number of ether oxygens (including phenoxy) is 1. The van der Waals surface area contributed by atoms with E-state index >= 15 is 0 Å². The molecule has 3 aromatic carbocycles. The Kier molecular flexibility index (Phi) is 7.75. The number of hydrogen-bond donors (Lipinski definition) is 1. The standard InChI is InChI=1S/C23H14ClI2NO3/c24-19-7-5-16(6-8-19)18(12-27)9-15-10-20(25)22(21(26)11-15)30-13-14-1-3-17(4-2-14)23(28)29/h1-11H,13H2,(H,28,29)/b18-9-. The van der Waals surface area contributed by atoms with Crippen molar-refractivity contribution in [2.24, 2.45) is 0 Å². The fourth-order valence-corrected chi connectivity index (χ4v) is 4.93. The summed E-state index contributed by atoms with van der Waals surface area (Å²) in [6, 6.07) is 19.9. The van der Waals surface area contributed by atoms with Gasteiger partial charge in [0.05, 0.1) is 24.3 Å². The fourth-order valence-electron chi connectivity index (χ4n) is 2.68. The van der Waals surface area contributed by atoms with Crippen LogP contribution in [0.4, 0.5) is 0 Å². The second-order valence-electron chi connectivity index (χ2n) is 6.28. The van der Waals surface area contributed by atoms with Gasteiger partial charge >= 0.3 is 5.97 Å². The summed E-state index contributed by atoms with van der Waals surface area (Å²) in [6.07, 6.45) is 1.84. The van der Waals surface area contributed by atoms with Gasteiger partial charge in [-0.1, -0.05) is 35.9 Å². The van der Waals surface area contributed by atoms with Crippen molar-refractivity contribution in [2.45, 2.75) is 6.61 Å². The Hall–Kier alpha value is -2.09. The fraction of sp³-hybridized carbons (Fsp3) is 0.0435. The van der Waals surface area contributed by atoms with E-state index in [1.807, 2.05) is 30.3 Å². The smallest absolute Gasteiger partial charge is 0.335 e. The number of carbonyl (C=O) groups is 1. The zero-order chi connectivity index (χ0) is 21.7. The third-order valence-electron chi connectivity index (χ3n) is 4.19. The molecule has 0 aromatic heterocycles. The minimum absolute atomic E-state index is 0.244. The number of nitriles is 1. The number of halogens is 3. The molecule has 3 aromatic rings. The number of rotatable bonds is 6. The minimum atomic E-state index is -0.953. The predicted molar refractivity (Wildman–Crippen MR) is 135 cm³/mol. The first-order valence-corrected chi connectivity index (χ1v) is 11.2. The van der Waals surface area contributed by atoms with Crippen LogP contribution in [0.5, 0.6) is 5.75 Å². The molecular weight excluding hydrogens is 628 g/mol. The van der Waals surface area contributed by atoms with Gasteiger partial charge in [-0.3, -0.25) is 0 Å². The first kappa shape index (κ1) is 22.6. The molecule has 0 heterocycles. The van der Waals surface area contributed by atoms with Crippen LogP contribution < -0.4 is 4.74 Å². The van der Waals surface area contributed by atoms with E-state index in [0.29, 0.717) is 17.2 Å². The average Bonchev–Trinajstić information content (AvgIpc) is 2.72. The largest absolute Gasteiger partial charge is 0.487 e. The van der Waals surface area contributed by atoms with Crippen LogP contribution >= 0.6 is 56.8 Å². The van der Waals surface area contributed by atoms with E-state index in [9.17, 15) is 10.1 Å². The first-order valence-electron chi connectivity index (χ1n) is 8.69. The van der Waals surface area contributed by atoms with Gasteiger partial charge < -0.3 is 9.84 Å². The highest BCUT2D eigenvalue weighted by molar-refractivity contribution is 14.1. The maximum Gasteiger partial charge on any atom is 0.335 e. The number of carboxylic acid groups (broad SMARTS) is 1. The van der Waals surface area contributed by atoms with E-state index in [1.165, 1.54) is 0 Å². The lowest BCUT2D eigenvalue weighted by molar-refractivity contribution is 0.0697. The van der Waals surface area contributed by atoms with E-state index < -0.39 is 5.97 Å².